The van der Waals surface area contributed by atoms with Gasteiger partial charge in [-0.25, -0.2) is 0 Å². The summed E-state index contributed by atoms with van der Waals surface area (Å²) in [6.07, 6.45) is 3.35. The number of benzene rings is 1. The van der Waals surface area contributed by atoms with Crippen LogP contribution in [0.1, 0.15) is 45.1 Å². The molecule has 1 fully saturated rings. The normalized spacial score (nSPS) is 27.3. The fourth-order valence-electron chi connectivity index (χ4n) is 3.49. The Balaban J connectivity index is 1.67. The summed E-state index contributed by atoms with van der Waals surface area (Å²) in [5.41, 5.74) is 1.80. The summed E-state index contributed by atoms with van der Waals surface area (Å²) >= 11 is 0. The molecule has 2 aliphatic rings. The van der Waals surface area contributed by atoms with E-state index in [1.165, 1.54) is 6.42 Å². The first kappa shape index (κ1) is 15.8. The van der Waals surface area contributed by atoms with E-state index in [1.807, 2.05) is 29.2 Å². The Hall–Kier alpha value is -2.04. The number of amides is 1. The van der Waals surface area contributed by atoms with E-state index in [4.69, 9.17) is 9.57 Å². The zero-order chi connectivity index (χ0) is 16.4. The lowest BCUT2D eigenvalue weighted by molar-refractivity contribution is -0.148. The fraction of sp³-hybridized carbons (Fsp3) is 0.556. The van der Waals surface area contributed by atoms with Crippen molar-refractivity contribution in [3.63, 3.8) is 0 Å². The smallest absolute Gasteiger partial charge is 0.267 e. The first-order valence-corrected chi connectivity index (χ1v) is 8.29. The highest BCUT2D eigenvalue weighted by Gasteiger charge is 2.37. The van der Waals surface area contributed by atoms with Gasteiger partial charge in [0.05, 0.1) is 12.8 Å². The average Bonchev–Trinajstić information content (AvgIpc) is 3.04. The van der Waals surface area contributed by atoms with E-state index < -0.39 is 6.10 Å². The average molecular weight is 316 g/mol. The molecule has 124 valence electrons. The number of piperidine rings is 1. The summed E-state index contributed by atoms with van der Waals surface area (Å²) in [7, 11) is 1.64. The summed E-state index contributed by atoms with van der Waals surface area (Å²) in [6.45, 7) is 4.24. The molecule has 0 aliphatic carbocycles. The van der Waals surface area contributed by atoms with Crippen molar-refractivity contribution < 1.29 is 14.4 Å². The maximum atomic E-state index is 12.8. The van der Waals surface area contributed by atoms with Crippen LogP contribution in [-0.2, 0) is 9.63 Å². The van der Waals surface area contributed by atoms with Gasteiger partial charge in [-0.3, -0.25) is 4.79 Å². The monoisotopic (exact) mass is 316 g/mol. The highest BCUT2D eigenvalue weighted by Crippen LogP contribution is 2.27. The van der Waals surface area contributed by atoms with Crippen molar-refractivity contribution in [2.75, 3.05) is 7.11 Å². The van der Waals surface area contributed by atoms with Crippen LogP contribution in [0, 0.1) is 0 Å². The van der Waals surface area contributed by atoms with Crippen LogP contribution in [0.15, 0.2) is 29.4 Å². The molecule has 5 nitrogen and oxygen atoms in total. The van der Waals surface area contributed by atoms with Gasteiger partial charge in [0, 0.05) is 18.5 Å². The minimum atomic E-state index is -0.491. The van der Waals surface area contributed by atoms with Gasteiger partial charge in [0.15, 0.2) is 0 Å². The summed E-state index contributed by atoms with van der Waals surface area (Å²) in [5, 5.41) is 4.14. The Morgan fingerprint density at radius 1 is 1.22 bits per heavy atom. The number of ether oxygens (including phenoxy) is 1. The second-order valence-electron chi connectivity index (χ2n) is 6.44. The number of hydrogen-bond donors (Lipinski definition) is 0. The predicted octanol–water partition coefficient (Wildman–Crippen LogP) is 2.98. The molecule has 0 N–H and O–H groups in total. The molecule has 1 aromatic rings. The summed E-state index contributed by atoms with van der Waals surface area (Å²) < 4.78 is 5.16. The molecule has 1 saturated heterocycles. The van der Waals surface area contributed by atoms with Gasteiger partial charge in [-0.2, -0.15) is 0 Å². The Morgan fingerprint density at radius 2 is 1.87 bits per heavy atom. The van der Waals surface area contributed by atoms with Crippen LogP contribution in [0.4, 0.5) is 0 Å². The van der Waals surface area contributed by atoms with Gasteiger partial charge in [-0.15, -0.1) is 0 Å². The molecule has 5 heteroatoms. The number of carbonyl (C=O) groups excluding carboxylic acids is 1. The topological polar surface area (TPSA) is 51.1 Å². The molecule has 1 amide bonds. The van der Waals surface area contributed by atoms with Gasteiger partial charge >= 0.3 is 0 Å². The lowest BCUT2D eigenvalue weighted by Crippen LogP contribution is -2.51. The lowest BCUT2D eigenvalue weighted by atomic mass is 9.96. The number of methoxy groups -OCH3 is 1. The Bertz CT molecular complexity index is 587. The molecule has 0 aromatic heterocycles. The van der Waals surface area contributed by atoms with Crippen LogP contribution in [0.3, 0.4) is 0 Å². The highest BCUT2D eigenvalue weighted by atomic mass is 16.6. The van der Waals surface area contributed by atoms with Crippen molar-refractivity contribution in [1.82, 2.24) is 4.90 Å². The van der Waals surface area contributed by atoms with Crippen LogP contribution < -0.4 is 4.74 Å². The quantitative estimate of drug-likeness (QED) is 0.861. The molecular weight excluding hydrogens is 292 g/mol. The minimum absolute atomic E-state index is 0.0666. The molecule has 0 radical (unpaired) electrons. The second kappa shape index (κ2) is 6.60. The summed E-state index contributed by atoms with van der Waals surface area (Å²) in [6, 6.07) is 8.23. The van der Waals surface area contributed by atoms with Crippen LogP contribution in [0.2, 0.25) is 0 Å². The lowest BCUT2D eigenvalue weighted by Gasteiger charge is -2.39. The third-order valence-electron chi connectivity index (χ3n) is 4.82. The molecule has 2 aliphatic heterocycles. The first-order chi connectivity index (χ1) is 11.1. The third kappa shape index (κ3) is 3.19. The Labute approximate surface area is 137 Å². The van der Waals surface area contributed by atoms with Crippen LogP contribution in [-0.4, -0.2) is 41.8 Å². The summed E-state index contributed by atoms with van der Waals surface area (Å²) in [4.78, 5) is 20.2. The first-order valence-electron chi connectivity index (χ1n) is 8.29. The predicted molar refractivity (Wildman–Crippen MR) is 88.6 cm³/mol. The van der Waals surface area contributed by atoms with Crippen molar-refractivity contribution in [3.8, 4) is 5.75 Å². The van der Waals surface area contributed by atoms with Crippen molar-refractivity contribution in [2.45, 2.75) is 57.7 Å². The molecule has 1 aromatic carbocycles. The maximum Gasteiger partial charge on any atom is 0.267 e. The van der Waals surface area contributed by atoms with Gasteiger partial charge in [-0.05, 0) is 62.9 Å². The minimum Gasteiger partial charge on any atom is -0.497 e. The standard InChI is InChI=1S/C18H24N2O3/c1-12-5-4-6-13(2)20(12)18(21)17-11-16(19-23-17)14-7-9-15(22-3)10-8-14/h7-10,12-13,17H,4-6,11H2,1-3H3/t12-,13+,17-/m1/s1. The maximum absolute atomic E-state index is 12.8. The third-order valence-corrected chi connectivity index (χ3v) is 4.82. The van der Waals surface area contributed by atoms with Crippen molar-refractivity contribution >= 4 is 11.6 Å². The number of carbonyl (C=O) groups is 1. The number of hydrogen-bond acceptors (Lipinski definition) is 4. The van der Waals surface area contributed by atoms with E-state index in [0.29, 0.717) is 6.42 Å². The molecule has 0 bridgehead atoms. The van der Waals surface area contributed by atoms with E-state index in [2.05, 4.69) is 19.0 Å². The molecule has 0 spiro atoms. The highest BCUT2D eigenvalue weighted by molar-refractivity contribution is 6.04. The van der Waals surface area contributed by atoms with Gasteiger partial charge < -0.3 is 14.5 Å². The largest absolute Gasteiger partial charge is 0.497 e. The van der Waals surface area contributed by atoms with E-state index in [-0.39, 0.29) is 18.0 Å². The molecule has 23 heavy (non-hydrogen) atoms. The molecule has 2 heterocycles. The van der Waals surface area contributed by atoms with Gasteiger partial charge in [0.1, 0.15) is 5.75 Å². The van der Waals surface area contributed by atoms with Crippen LogP contribution in [0.25, 0.3) is 0 Å². The Morgan fingerprint density at radius 3 is 2.48 bits per heavy atom. The molecule has 0 unspecified atom stereocenters. The second-order valence-corrected chi connectivity index (χ2v) is 6.44. The molecular formula is C18H24N2O3. The zero-order valence-electron chi connectivity index (χ0n) is 14.0. The molecule has 3 rings (SSSR count). The molecule has 3 atom stereocenters. The SMILES string of the molecule is COc1ccc(C2=NO[C@@H](C(=O)N3[C@H](C)CCC[C@@H]3C)C2)cc1. The van der Waals surface area contributed by atoms with E-state index in [0.717, 1.165) is 29.9 Å². The zero-order valence-corrected chi connectivity index (χ0v) is 14.0. The van der Waals surface area contributed by atoms with Crippen LogP contribution in [0.5, 0.6) is 5.75 Å². The number of likely N-dealkylation sites (tertiary alicyclic amines) is 1. The van der Waals surface area contributed by atoms with Gasteiger partial charge in [0.25, 0.3) is 5.91 Å². The number of nitrogens with zero attached hydrogens (tertiary/aromatic N) is 2. The fourth-order valence-corrected chi connectivity index (χ4v) is 3.49. The van der Waals surface area contributed by atoms with Gasteiger partial charge in [0.2, 0.25) is 6.10 Å². The Kier molecular flexibility index (Phi) is 4.55. The van der Waals surface area contributed by atoms with Crippen LogP contribution >= 0.6 is 0 Å². The number of rotatable bonds is 3. The van der Waals surface area contributed by atoms with E-state index in [9.17, 15) is 4.79 Å². The number of oxime groups is 1. The molecule has 0 saturated carbocycles. The summed E-state index contributed by atoms with van der Waals surface area (Å²) in [5.74, 6) is 0.869. The van der Waals surface area contributed by atoms with E-state index >= 15 is 0 Å². The van der Waals surface area contributed by atoms with Gasteiger partial charge in [-0.1, -0.05) is 5.16 Å². The van der Waals surface area contributed by atoms with Crippen molar-refractivity contribution in [2.24, 2.45) is 5.16 Å². The van der Waals surface area contributed by atoms with E-state index in [1.54, 1.807) is 7.11 Å². The van der Waals surface area contributed by atoms with Crippen molar-refractivity contribution in [1.29, 1.82) is 0 Å². The van der Waals surface area contributed by atoms with Crippen molar-refractivity contribution in [3.05, 3.63) is 29.8 Å².